The summed E-state index contributed by atoms with van der Waals surface area (Å²) in [4.78, 5) is 19.7. The molecule has 0 fully saturated rings. The molecular weight excluding hydrogens is 730 g/mol. The van der Waals surface area contributed by atoms with Gasteiger partial charge in [0, 0.05) is 21.8 Å². The van der Waals surface area contributed by atoms with Gasteiger partial charge in [0.05, 0.1) is 18.8 Å². The van der Waals surface area contributed by atoms with Crippen LogP contribution in [-0.4, -0.2) is 18.2 Å². The number of halogens is 3. The maximum Gasteiger partial charge on any atom is 0.259 e. The number of ether oxygens (including phenoxy) is 1. The zero-order chi connectivity index (χ0) is 26.9. The van der Waals surface area contributed by atoms with Crippen molar-refractivity contribution in [2.75, 3.05) is 5.32 Å². The van der Waals surface area contributed by atoms with Crippen LogP contribution in [0.25, 0.3) is 0 Å². The Morgan fingerprint density at radius 2 is 1.84 bits per heavy atom. The molecule has 0 saturated heterocycles. The van der Waals surface area contributed by atoms with Crippen LogP contribution in [0.1, 0.15) is 67.4 Å². The molecule has 4 nitrogen and oxygen atoms in total. The van der Waals surface area contributed by atoms with E-state index in [1.165, 1.54) is 4.88 Å². The fourth-order valence-electron chi connectivity index (χ4n) is 4.50. The van der Waals surface area contributed by atoms with Crippen LogP contribution in [0.4, 0.5) is 10.7 Å². The van der Waals surface area contributed by atoms with Gasteiger partial charge in [-0.1, -0.05) is 32.4 Å². The highest BCUT2D eigenvalue weighted by Gasteiger charge is 2.33. The summed E-state index contributed by atoms with van der Waals surface area (Å²) in [5, 5.41) is 4.46. The summed E-state index contributed by atoms with van der Waals surface area (Å²) >= 11 is 12.3. The lowest BCUT2D eigenvalue weighted by Gasteiger charge is -2.33. The average Bonchev–Trinajstić information content (AvgIpc) is 3.18. The van der Waals surface area contributed by atoms with E-state index in [-0.39, 0.29) is 17.4 Å². The van der Waals surface area contributed by atoms with E-state index in [0.29, 0.717) is 16.5 Å². The Bertz CT molecular complexity index is 1300. The molecule has 0 saturated carbocycles. The molecule has 37 heavy (non-hydrogen) atoms. The number of nitrogens with one attached hydrogen (secondary N) is 1. The van der Waals surface area contributed by atoms with E-state index in [1.54, 1.807) is 23.5 Å². The second kappa shape index (κ2) is 11.9. The lowest BCUT2D eigenvalue weighted by atomic mass is 9.72. The highest BCUT2D eigenvalue weighted by Crippen LogP contribution is 2.45. The second-order valence-electron chi connectivity index (χ2n) is 10.7. The highest BCUT2D eigenvalue weighted by molar-refractivity contribution is 14.1. The van der Waals surface area contributed by atoms with Crippen LogP contribution in [0.15, 0.2) is 41.4 Å². The summed E-state index contributed by atoms with van der Waals surface area (Å²) < 4.78 is 8.06. The fraction of sp³-hybridized carbons (Fsp3) is 0.379. The number of thiophene rings is 1. The van der Waals surface area contributed by atoms with Crippen molar-refractivity contribution in [2.24, 2.45) is 16.3 Å². The van der Waals surface area contributed by atoms with E-state index >= 15 is 0 Å². The van der Waals surface area contributed by atoms with Gasteiger partial charge >= 0.3 is 0 Å². The van der Waals surface area contributed by atoms with Crippen LogP contribution in [0.5, 0.6) is 5.75 Å². The van der Waals surface area contributed by atoms with Crippen LogP contribution < -0.4 is 10.1 Å². The quantitative estimate of drug-likeness (QED) is 0.201. The van der Waals surface area contributed by atoms with Crippen LogP contribution in [0.3, 0.4) is 0 Å². The molecule has 3 aromatic rings. The molecule has 0 radical (unpaired) electrons. The summed E-state index contributed by atoms with van der Waals surface area (Å²) in [6, 6.07) is 11.3. The molecule has 0 spiro atoms. The van der Waals surface area contributed by atoms with Crippen molar-refractivity contribution in [3.05, 3.63) is 70.1 Å². The van der Waals surface area contributed by atoms with Gasteiger partial charge in [0.25, 0.3) is 5.91 Å². The summed E-state index contributed by atoms with van der Waals surface area (Å²) in [6.45, 7) is 11.0. The van der Waals surface area contributed by atoms with E-state index in [4.69, 9.17) is 21.3 Å². The second-order valence-corrected chi connectivity index (χ2v) is 14.5. The molecule has 2 aromatic carbocycles. The standard InChI is InChI=1S/C29H31ClI2N2O2S/c1-16(2)36-26-22(31)12-17(13-23(26)32)15-33-28-25(27(35)34-20-9-7-19(30)8-10-20)21-11-6-18(29(3,4)5)14-24(21)37-28/h7-10,12-13,15-16,18H,6,11,14H2,1-5H3,(H,34,35)/t18-/m0/s1. The van der Waals surface area contributed by atoms with E-state index in [1.807, 2.05) is 32.2 Å². The first-order valence-electron chi connectivity index (χ1n) is 12.3. The molecule has 4 rings (SSSR count). The van der Waals surface area contributed by atoms with E-state index in [0.717, 1.165) is 54.0 Å². The number of hydrogen-bond acceptors (Lipinski definition) is 4. The van der Waals surface area contributed by atoms with Crippen LogP contribution in [-0.2, 0) is 12.8 Å². The summed E-state index contributed by atoms with van der Waals surface area (Å²) in [5.74, 6) is 1.36. The van der Waals surface area contributed by atoms with Gasteiger partial charge in [0.15, 0.2) is 0 Å². The average molecular weight is 761 g/mol. The third-order valence-electron chi connectivity index (χ3n) is 6.51. The molecule has 1 atom stereocenters. The van der Waals surface area contributed by atoms with Gasteiger partial charge in [0.2, 0.25) is 0 Å². The first-order chi connectivity index (χ1) is 17.4. The van der Waals surface area contributed by atoms with Gasteiger partial charge in [0.1, 0.15) is 10.8 Å². The summed E-state index contributed by atoms with van der Waals surface area (Å²) in [7, 11) is 0. The molecule has 1 aliphatic carbocycles. The van der Waals surface area contributed by atoms with Crippen LogP contribution in [0, 0.1) is 18.5 Å². The van der Waals surface area contributed by atoms with Crippen molar-refractivity contribution in [3.8, 4) is 5.75 Å². The minimum absolute atomic E-state index is 0.109. The number of carbonyl (C=O) groups is 1. The maximum absolute atomic E-state index is 13.6. The Morgan fingerprint density at radius 1 is 1.19 bits per heavy atom. The summed E-state index contributed by atoms with van der Waals surface area (Å²) in [6.07, 6.45) is 4.92. The van der Waals surface area contributed by atoms with Crippen molar-refractivity contribution < 1.29 is 9.53 Å². The van der Waals surface area contributed by atoms with Crippen molar-refractivity contribution in [2.45, 2.75) is 60.0 Å². The Labute approximate surface area is 255 Å². The number of benzene rings is 2. The van der Waals surface area contributed by atoms with Gasteiger partial charge in [-0.25, -0.2) is 4.99 Å². The van der Waals surface area contributed by atoms with Crippen LogP contribution >= 0.6 is 68.1 Å². The first-order valence-corrected chi connectivity index (χ1v) is 15.7. The molecule has 1 amide bonds. The smallest absolute Gasteiger partial charge is 0.259 e. The van der Waals surface area contributed by atoms with E-state index in [9.17, 15) is 4.79 Å². The maximum atomic E-state index is 13.6. The number of nitrogens with zero attached hydrogens (tertiary/aromatic N) is 1. The molecule has 0 unspecified atom stereocenters. The number of hydrogen-bond donors (Lipinski definition) is 1. The molecular formula is C29H31ClI2N2O2S. The Hall–Kier alpha value is -1.17. The molecule has 196 valence electrons. The monoisotopic (exact) mass is 760 g/mol. The summed E-state index contributed by atoms with van der Waals surface area (Å²) in [5.41, 5.74) is 3.77. The Morgan fingerprint density at radius 3 is 2.43 bits per heavy atom. The van der Waals surface area contributed by atoms with Gasteiger partial charge in [-0.3, -0.25) is 4.79 Å². The largest absolute Gasteiger partial charge is 0.489 e. The van der Waals surface area contributed by atoms with E-state index < -0.39 is 0 Å². The lowest BCUT2D eigenvalue weighted by Crippen LogP contribution is -2.27. The van der Waals surface area contributed by atoms with Crippen molar-refractivity contribution >= 4 is 90.9 Å². The first kappa shape index (κ1) is 28.8. The molecule has 0 bridgehead atoms. The third kappa shape index (κ3) is 7.08. The minimum Gasteiger partial charge on any atom is -0.489 e. The number of carbonyl (C=O) groups excluding carboxylic acids is 1. The molecule has 1 heterocycles. The molecule has 1 aliphatic rings. The van der Waals surface area contributed by atoms with Crippen LogP contribution in [0.2, 0.25) is 5.02 Å². The normalized spacial score (nSPS) is 15.8. The van der Waals surface area contributed by atoms with Gasteiger partial charge in [-0.05, 0) is 137 Å². The minimum atomic E-state index is -0.119. The number of amides is 1. The zero-order valence-electron chi connectivity index (χ0n) is 21.6. The zero-order valence-corrected chi connectivity index (χ0v) is 27.5. The predicted molar refractivity (Wildman–Crippen MR) is 174 cm³/mol. The highest BCUT2D eigenvalue weighted by atomic mass is 127. The lowest BCUT2D eigenvalue weighted by molar-refractivity contribution is 0.102. The van der Waals surface area contributed by atoms with E-state index in [2.05, 4.69) is 83.4 Å². The topological polar surface area (TPSA) is 50.7 Å². The molecule has 0 aliphatic heterocycles. The number of anilines is 1. The SMILES string of the molecule is CC(C)Oc1c(I)cc(C=Nc2sc3c(c2C(=O)Nc2ccc(Cl)cc2)CC[C@H](C(C)(C)C)C3)cc1I. The third-order valence-corrected chi connectivity index (χ3v) is 9.52. The number of fused-ring (bicyclic) bond motifs is 1. The number of aliphatic imine (C=N–C) groups is 1. The molecule has 1 aromatic heterocycles. The van der Waals surface area contributed by atoms with Gasteiger partial charge in [-0.15, -0.1) is 11.3 Å². The Kier molecular flexibility index (Phi) is 9.29. The number of rotatable bonds is 6. The molecule has 1 N–H and O–H groups in total. The van der Waals surface area contributed by atoms with Crippen molar-refractivity contribution in [1.82, 2.24) is 0 Å². The van der Waals surface area contributed by atoms with Crippen molar-refractivity contribution in [1.29, 1.82) is 0 Å². The molecule has 8 heteroatoms. The van der Waals surface area contributed by atoms with Gasteiger partial charge < -0.3 is 10.1 Å². The van der Waals surface area contributed by atoms with Gasteiger partial charge in [-0.2, -0.15) is 0 Å². The predicted octanol–water partition coefficient (Wildman–Crippen LogP) is 9.55. The van der Waals surface area contributed by atoms with Crippen molar-refractivity contribution in [3.63, 3.8) is 0 Å². The fourth-order valence-corrected chi connectivity index (χ4v) is 7.96. The Balaban J connectivity index is 1.69.